The third-order valence-electron chi connectivity index (χ3n) is 3.02. The van der Waals surface area contributed by atoms with Crippen LogP contribution in [0.1, 0.15) is 18.7 Å². The summed E-state index contributed by atoms with van der Waals surface area (Å²) in [5.74, 6) is 2.99. The Balaban J connectivity index is 1.90. The predicted octanol–water partition coefficient (Wildman–Crippen LogP) is 2.18. The molecule has 17 heavy (non-hydrogen) atoms. The Hall–Kier alpha value is -1.23. The fourth-order valence-corrected chi connectivity index (χ4v) is 3.45. The first-order valence-corrected chi connectivity index (χ1v) is 6.91. The minimum Gasteiger partial charge on any atom is -0.493 e. The second-order valence-electron chi connectivity index (χ2n) is 4.21. The summed E-state index contributed by atoms with van der Waals surface area (Å²) in [4.78, 5) is 4.56. The summed E-state index contributed by atoms with van der Waals surface area (Å²) >= 11 is 2.04. The molecule has 0 aliphatic carbocycles. The Morgan fingerprint density at radius 3 is 3.29 bits per heavy atom. The highest BCUT2D eigenvalue weighted by atomic mass is 32.2. The molecular weight excluding hydrogens is 234 g/mol. The van der Waals surface area contributed by atoms with Crippen LogP contribution in [0.5, 0.6) is 5.75 Å². The highest BCUT2D eigenvalue weighted by Crippen LogP contribution is 2.28. The molecule has 1 aliphatic heterocycles. The van der Waals surface area contributed by atoms with Gasteiger partial charge in [0.1, 0.15) is 0 Å². The van der Waals surface area contributed by atoms with Crippen LogP contribution in [0.15, 0.2) is 18.3 Å². The van der Waals surface area contributed by atoms with E-state index >= 15 is 0 Å². The van der Waals surface area contributed by atoms with E-state index < -0.39 is 0 Å². The zero-order chi connectivity index (χ0) is 11.7. The summed E-state index contributed by atoms with van der Waals surface area (Å²) in [7, 11) is 1.66. The number of pyridine rings is 1. The summed E-state index contributed by atoms with van der Waals surface area (Å²) in [5, 5.41) is 5.19. The Bertz CT molecular complexity index is 519. The number of fused-ring (bicyclic) bond motifs is 1. The molecule has 0 spiro atoms. The van der Waals surface area contributed by atoms with Gasteiger partial charge in [0.2, 0.25) is 0 Å². The topological polar surface area (TPSA) is 39.4 Å². The average molecular weight is 249 g/mol. The monoisotopic (exact) mass is 249 g/mol. The molecule has 2 aromatic rings. The van der Waals surface area contributed by atoms with E-state index in [0.29, 0.717) is 5.25 Å². The SMILES string of the molecule is COc1cccn2nc(CC3CCCS3)nc12. The first kappa shape index (κ1) is 10.9. The number of hydrogen-bond acceptors (Lipinski definition) is 4. The highest BCUT2D eigenvalue weighted by molar-refractivity contribution is 8.00. The van der Waals surface area contributed by atoms with E-state index in [0.717, 1.165) is 23.6 Å². The second kappa shape index (κ2) is 4.56. The fourth-order valence-electron chi connectivity index (χ4n) is 2.18. The van der Waals surface area contributed by atoms with Crippen LogP contribution >= 0.6 is 11.8 Å². The van der Waals surface area contributed by atoms with Crippen LogP contribution in [0.3, 0.4) is 0 Å². The van der Waals surface area contributed by atoms with Crippen molar-refractivity contribution in [1.82, 2.24) is 14.6 Å². The number of thioether (sulfide) groups is 1. The van der Waals surface area contributed by atoms with Gasteiger partial charge >= 0.3 is 0 Å². The largest absolute Gasteiger partial charge is 0.493 e. The third-order valence-corrected chi connectivity index (χ3v) is 4.42. The predicted molar refractivity (Wildman–Crippen MR) is 68.7 cm³/mol. The first-order valence-electron chi connectivity index (χ1n) is 5.86. The highest BCUT2D eigenvalue weighted by Gasteiger charge is 2.18. The normalized spacial score (nSPS) is 19.9. The van der Waals surface area contributed by atoms with E-state index in [-0.39, 0.29) is 0 Å². The van der Waals surface area contributed by atoms with Gasteiger partial charge in [0.15, 0.2) is 17.2 Å². The van der Waals surface area contributed by atoms with Crippen molar-refractivity contribution in [2.75, 3.05) is 12.9 Å². The lowest BCUT2D eigenvalue weighted by Crippen LogP contribution is -2.03. The van der Waals surface area contributed by atoms with Crippen LogP contribution in [-0.2, 0) is 6.42 Å². The molecule has 90 valence electrons. The van der Waals surface area contributed by atoms with E-state index in [1.54, 1.807) is 11.6 Å². The molecule has 0 amide bonds. The number of hydrogen-bond donors (Lipinski definition) is 0. The van der Waals surface area contributed by atoms with Gasteiger partial charge in [0.05, 0.1) is 7.11 Å². The van der Waals surface area contributed by atoms with E-state index in [2.05, 4.69) is 10.1 Å². The molecule has 1 saturated heterocycles. The lowest BCUT2D eigenvalue weighted by Gasteiger charge is -2.02. The molecule has 1 unspecified atom stereocenters. The molecule has 2 aromatic heterocycles. The van der Waals surface area contributed by atoms with Crippen LogP contribution in [0.4, 0.5) is 0 Å². The van der Waals surface area contributed by atoms with Crippen molar-refractivity contribution in [2.45, 2.75) is 24.5 Å². The average Bonchev–Trinajstić information content (AvgIpc) is 2.97. The standard InChI is InChI=1S/C12H15N3OS/c1-16-10-5-2-6-15-12(10)13-11(14-15)8-9-4-3-7-17-9/h2,5-6,9H,3-4,7-8H2,1H3. The number of rotatable bonds is 3. The summed E-state index contributed by atoms with van der Waals surface area (Å²) in [5.41, 5.74) is 0.813. The number of nitrogens with zero attached hydrogens (tertiary/aromatic N) is 3. The van der Waals surface area contributed by atoms with Crippen LogP contribution in [0, 0.1) is 0 Å². The molecule has 1 fully saturated rings. The molecule has 3 rings (SSSR count). The van der Waals surface area contributed by atoms with Gasteiger partial charge < -0.3 is 4.74 Å². The summed E-state index contributed by atoms with van der Waals surface area (Å²) in [6, 6.07) is 3.84. The van der Waals surface area contributed by atoms with E-state index in [1.165, 1.54) is 18.6 Å². The van der Waals surface area contributed by atoms with Gasteiger partial charge in [0, 0.05) is 17.9 Å². The van der Waals surface area contributed by atoms with Crippen molar-refractivity contribution >= 4 is 17.4 Å². The second-order valence-corrected chi connectivity index (χ2v) is 5.62. The zero-order valence-electron chi connectivity index (χ0n) is 9.80. The smallest absolute Gasteiger partial charge is 0.198 e. The van der Waals surface area contributed by atoms with Crippen molar-refractivity contribution in [3.63, 3.8) is 0 Å². The minimum absolute atomic E-state index is 0.693. The molecule has 5 heteroatoms. The molecular formula is C12H15N3OS. The maximum Gasteiger partial charge on any atom is 0.198 e. The van der Waals surface area contributed by atoms with Gasteiger partial charge in [-0.15, -0.1) is 0 Å². The van der Waals surface area contributed by atoms with Gasteiger partial charge in [-0.25, -0.2) is 9.50 Å². The molecule has 1 aliphatic rings. The summed E-state index contributed by atoms with van der Waals surface area (Å²) < 4.78 is 7.08. The zero-order valence-corrected chi connectivity index (χ0v) is 10.6. The molecule has 0 N–H and O–H groups in total. The molecule has 4 nitrogen and oxygen atoms in total. The van der Waals surface area contributed by atoms with Crippen molar-refractivity contribution in [3.05, 3.63) is 24.2 Å². The molecule has 0 bridgehead atoms. The Labute approximate surface area is 104 Å². The number of ether oxygens (including phenoxy) is 1. The molecule has 1 atom stereocenters. The lowest BCUT2D eigenvalue weighted by atomic mass is 10.2. The van der Waals surface area contributed by atoms with Crippen molar-refractivity contribution < 1.29 is 4.74 Å². The van der Waals surface area contributed by atoms with Crippen LogP contribution in [0.2, 0.25) is 0 Å². The molecule has 0 radical (unpaired) electrons. The Morgan fingerprint density at radius 2 is 2.53 bits per heavy atom. The van der Waals surface area contributed by atoms with Gasteiger partial charge in [0.25, 0.3) is 0 Å². The lowest BCUT2D eigenvalue weighted by molar-refractivity contribution is 0.416. The van der Waals surface area contributed by atoms with Gasteiger partial charge in [-0.1, -0.05) is 0 Å². The van der Waals surface area contributed by atoms with Crippen LogP contribution in [0.25, 0.3) is 5.65 Å². The first-order chi connectivity index (χ1) is 8.36. The van der Waals surface area contributed by atoms with E-state index in [4.69, 9.17) is 4.74 Å². The maximum atomic E-state index is 5.28. The molecule has 0 aromatic carbocycles. The Kier molecular flexibility index (Phi) is 2.93. The molecule has 0 saturated carbocycles. The van der Waals surface area contributed by atoms with Crippen molar-refractivity contribution in [1.29, 1.82) is 0 Å². The summed E-state index contributed by atoms with van der Waals surface area (Å²) in [6.07, 6.45) is 5.50. The van der Waals surface area contributed by atoms with E-state index in [1.807, 2.05) is 30.1 Å². The third kappa shape index (κ3) is 2.11. The van der Waals surface area contributed by atoms with Gasteiger partial charge in [-0.3, -0.25) is 0 Å². The van der Waals surface area contributed by atoms with E-state index in [9.17, 15) is 0 Å². The fraction of sp³-hybridized carbons (Fsp3) is 0.500. The van der Waals surface area contributed by atoms with Crippen LogP contribution in [-0.4, -0.2) is 32.7 Å². The maximum absolute atomic E-state index is 5.28. The number of methoxy groups -OCH3 is 1. The van der Waals surface area contributed by atoms with Crippen molar-refractivity contribution in [3.8, 4) is 5.75 Å². The number of aromatic nitrogens is 3. The van der Waals surface area contributed by atoms with Gasteiger partial charge in [-0.05, 0) is 30.7 Å². The van der Waals surface area contributed by atoms with Crippen molar-refractivity contribution in [2.24, 2.45) is 0 Å². The Morgan fingerprint density at radius 1 is 1.59 bits per heavy atom. The minimum atomic E-state index is 0.693. The molecule has 3 heterocycles. The van der Waals surface area contributed by atoms with Crippen LogP contribution < -0.4 is 4.74 Å². The summed E-state index contributed by atoms with van der Waals surface area (Å²) in [6.45, 7) is 0. The van der Waals surface area contributed by atoms with Gasteiger partial charge in [-0.2, -0.15) is 16.9 Å². The quantitative estimate of drug-likeness (QED) is 0.836.